The van der Waals surface area contributed by atoms with Crippen molar-refractivity contribution in [1.82, 2.24) is 5.32 Å². The van der Waals surface area contributed by atoms with Crippen molar-refractivity contribution in [3.63, 3.8) is 0 Å². The van der Waals surface area contributed by atoms with Crippen molar-refractivity contribution in [3.05, 3.63) is 71.7 Å². The topological polar surface area (TPSA) is 85.3 Å². The third kappa shape index (κ3) is 3.46. The number of primary amides is 1. The summed E-state index contributed by atoms with van der Waals surface area (Å²) in [4.78, 5) is 23.1. The van der Waals surface area contributed by atoms with E-state index in [1.165, 1.54) is 22.9 Å². The van der Waals surface area contributed by atoms with Gasteiger partial charge < -0.3 is 15.5 Å². The van der Waals surface area contributed by atoms with Gasteiger partial charge in [0.2, 0.25) is 0 Å². The zero-order valence-corrected chi connectivity index (χ0v) is 13.3. The maximum absolute atomic E-state index is 12.1. The van der Waals surface area contributed by atoms with Crippen molar-refractivity contribution in [2.24, 2.45) is 5.73 Å². The van der Waals surface area contributed by atoms with Crippen molar-refractivity contribution in [2.45, 2.75) is 19.4 Å². The Balaban J connectivity index is 1.66. The minimum atomic E-state index is -0.696. The van der Waals surface area contributed by atoms with Gasteiger partial charge in [0.25, 0.3) is 11.8 Å². The molecule has 5 nitrogen and oxygen atoms in total. The van der Waals surface area contributed by atoms with Crippen LogP contribution in [0.25, 0.3) is 10.8 Å². The predicted molar refractivity (Wildman–Crippen MR) is 91.8 cm³/mol. The molecule has 0 aliphatic rings. The van der Waals surface area contributed by atoms with E-state index in [4.69, 9.17) is 10.2 Å². The van der Waals surface area contributed by atoms with Crippen LogP contribution in [0.5, 0.6) is 0 Å². The molecule has 0 spiro atoms. The molecule has 122 valence electrons. The first-order chi connectivity index (χ1) is 11.5. The van der Waals surface area contributed by atoms with Gasteiger partial charge in [0.1, 0.15) is 0 Å². The fourth-order valence-corrected chi connectivity index (χ4v) is 2.66. The number of fused-ring (bicyclic) bond motifs is 1. The Morgan fingerprint density at radius 2 is 1.75 bits per heavy atom. The van der Waals surface area contributed by atoms with Gasteiger partial charge in [0.15, 0.2) is 11.5 Å². The number of nitrogens with one attached hydrogen (secondary N) is 1. The number of hydrogen-bond donors (Lipinski definition) is 2. The van der Waals surface area contributed by atoms with Gasteiger partial charge in [-0.15, -0.1) is 0 Å². The zero-order chi connectivity index (χ0) is 17.1. The molecule has 3 rings (SSSR count). The molecule has 3 N–H and O–H groups in total. The Kier molecular flexibility index (Phi) is 4.33. The second kappa shape index (κ2) is 6.58. The van der Waals surface area contributed by atoms with Crippen molar-refractivity contribution in [3.8, 4) is 0 Å². The minimum absolute atomic E-state index is 0.0256. The molecule has 0 aliphatic carbocycles. The molecule has 24 heavy (non-hydrogen) atoms. The number of carbonyl (C=O) groups excluding carboxylic acids is 2. The van der Waals surface area contributed by atoms with Crippen LogP contribution in [0.4, 0.5) is 0 Å². The van der Waals surface area contributed by atoms with Crippen LogP contribution in [0.15, 0.2) is 59.0 Å². The lowest BCUT2D eigenvalue weighted by Crippen LogP contribution is -2.33. The highest BCUT2D eigenvalue weighted by atomic mass is 16.4. The average Bonchev–Trinajstić information content (AvgIpc) is 3.05. The number of hydrogen-bond acceptors (Lipinski definition) is 3. The van der Waals surface area contributed by atoms with Gasteiger partial charge >= 0.3 is 0 Å². The second-order valence-electron chi connectivity index (χ2n) is 5.79. The highest BCUT2D eigenvalue weighted by Gasteiger charge is 2.16. The van der Waals surface area contributed by atoms with Crippen LogP contribution in [-0.4, -0.2) is 17.9 Å². The number of benzene rings is 2. The van der Waals surface area contributed by atoms with Crippen LogP contribution >= 0.6 is 0 Å². The van der Waals surface area contributed by atoms with E-state index in [-0.39, 0.29) is 23.5 Å². The smallest absolute Gasteiger partial charge is 0.287 e. The molecule has 1 atom stereocenters. The van der Waals surface area contributed by atoms with Crippen LogP contribution in [-0.2, 0) is 6.42 Å². The molecular formula is C19H18N2O3. The Hall–Kier alpha value is -3.08. The predicted octanol–water partition coefficient (Wildman–Crippen LogP) is 2.89. The molecule has 2 amide bonds. The van der Waals surface area contributed by atoms with E-state index >= 15 is 0 Å². The number of rotatable bonds is 5. The summed E-state index contributed by atoms with van der Waals surface area (Å²) in [5, 5.41) is 5.22. The molecule has 3 aromatic rings. The zero-order valence-electron chi connectivity index (χ0n) is 13.3. The molecule has 0 saturated carbocycles. The molecule has 1 aromatic heterocycles. The number of carbonyl (C=O) groups is 2. The molecule has 0 bridgehead atoms. The Labute approximate surface area is 139 Å². The largest absolute Gasteiger partial charge is 0.446 e. The van der Waals surface area contributed by atoms with Crippen LogP contribution < -0.4 is 11.1 Å². The van der Waals surface area contributed by atoms with Crippen molar-refractivity contribution >= 4 is 22.6 Å². The number of amides is 2. The molecule has 2 aromatic carbocycles. The van der Waals surface area contributed by atoms with Crippen LogP contribution in [0.2, 0.25) is 0 Å². The summed E-state index contributed by atoms with van der Waals surface area (Å²) in [6.45, 7) is 1.92. The van der Waals surface area contributed by atoms with E-state index < -0.39 is 5.91 Å². The van der Waals surface area contributed by atoms with E-state index in [2.05, 4.69) is 35.6 Å². The van der Waals surface area contributed by atoms with Crippen molar-refractivity contribution in [2.75, 3.05) is 0 Å². The highest BCUT2D eigenvalue weighted by Crippen LogP contribution is 2.17. The Bertz CT molecular complexity index is 898. The number of nitrogens with two attached hydrogens (primary N) is 1. The van der Waals surface area contributed by atoms with E-state index in [9.17, 15) is 9.59 Å². The molecule has 5 heteroatoms. The SMILES string of the molecule is C[C@@H](Cc1ccc2ccccc2c1)NC(=O)c1ccc(C(N)=O)o1. The third-order valence-electron chi connectivity index (χ3n) is 3.81. The quantitative estimate of drug-likeness (QED) is 0.757. The second-order valence-corrected chi connectivity index (χ2v) is 5.79. The fourth-order valence-electron chi connectivity index (χ4n) is 2.66. The summed E-state index contributed by atoms with van der Waals surface area (Å²) in [6.07, 6.45) is 0.694. The normalized spacial score (nSPS) is 12.0. The van der Waals surface area contributed by atoms with Crippen LogP contribution in [0.3, 0.4) is 0 Å². The molecule has 0 aliphatic heterocycles. The van der Waals surface area contributed by atoms with Gasteiger partial charge in [0, 0.05) is 6.04 Å². The maximum atomic E-state index is 12.1. The lowest BCUT2D eigenvalue weighted by molar-refractivity contribution is 0.0904. The lowest BCUT2D eigenvalue weighted by atomic mass is 10.0. The standard InChI is InChI=1S/C19H18N2O3/c1-12(21-19(23)17-9-8-16(24-17)18(20)22)10-13-6-7-14-4-2-3-5-15(14)11-13/h2-9,11-12H,10H2,1H3,(H2,20,22)(H,21,23)/t12-/m0/s1. The summed E-state index contributed by atoms with van der Waals surface area (Å²) in [5.41, 5.74) is 6.25. The van der Waals surface area contributed by atoms with Crippen LogP contribution in [0, 0.1) is 0 Å². The first-order valence-corrected chi connectivity index (χ1v) is 7.71. The van der Waals surface area contributed by atoms with E-state index in [1.54, 1.807) is 0 Å². The Morgan fingerprint density at radius 3 is 2.46 bits per heavy atom. The summed E-state index contributed by atoms with van der Waals surface area (Å²) in [7, 11) is 0. The molecular weight excluding hydrogens is 304 g/mol. The van der Waals surface area contributed by atoms with E-state index in [0.717, 1.165) is 5.56 Å². The van der Waals surface area contributed by atoms with Gasteiger partial charge in [-0.1, -0.05) is 42.5 Å². The van der Waals surface area contributed by atoms with Crippen LogP contribution in [0.1, 0.15) is 33.6 Å². The molecule has 0 unspecified atom stereocenters. The third-order valence-corrected chi connectivity index (χ3v) is 3.81. The van der Waals surface area contributed by atoms with E-state index in [1.807, 2.05) is 19.1 Å². The molecule has 1 heterocycles. The maximum Gasteiger partial charge on any atom is 0.287 e. The average molecular weight is 322 g/mol. The summed E-state index contributed by atoms with van der Waals surface area (Å²) >= 11 is 0. The first-order valence-electron chi connectivity index (χ1n) is 7.71. The summed E-state index contributed by atoms with van der Waals surface area (Å²) in [5.74, 6) is -1.01. The van der Waals surface area contributed by atoms with E-state index in [0.29, 0.717) is 6.42 Å². The van der Waals surface area contributed by atoms with Gasteiger partial charge in [-0.25, -0.2) is 0 Å². The van der Waals surface area contributed by atoms with Gasteiger partial charge in [-0.2, -0.15) is 0 Å². The fraction of sp³-hybridized carbons (Fsp3) is 0.158. The monoisotopic (exact) mass is 322 g/mol. The molecule has 0 saturated heterocycles. The van der Waals surface area contributed by atoms with Crippen molar-refractivity contribution < 1.29 is 14.0 Å². The van der Waals surface area contributed by atoms with Gasteiger partial charge in [-0.05, 0) is 41.8 Å². The lowest BCUT2D eigenvalue weighted by Gasteiger charge is -2.13. The Morgan fingerprint density at radius 1 is 1.04 bits per heavy atom. The summed E-state index contributed by atoms with van der Waals surface area (Å²) < 4.78 is 5.13. The minimum Gasteiger partial charge on any atom is -0.446 e. The van der Waals surface area contributed by atoms with Crippen molar-refractivity contribution in [1.29, 1.82) is 0 Å². The molecule has 0 fully saturated rings. The first kappa shape index (κ1) is 15.8. The van der Waals surface area contributed by atoms with Gasteiger partial charge in [0.05, 0.1) is 0 Å². The highest BCUT2D eigenvalue weighted by molar-refractivity contribution is 5.95. The number of furan rings is 1. The molecule has 0 radical (unpaired) electrons. The summed E-state index contributed by atoms with van der Waals surface area (Å²) in [6, 6.07) is 17.2. The van der Waals surface area contributed by atoms with Gasteiger partial charge in [-0.3, -0.25) is 9.59 Å².